The van der Waals surface area contributed by atoms with Crippen LogP contribution < -0.4 is 5.32 Å². The second-order valence-electron chi connectivity index (χ2n) is 4.08. The van der Waals surface area contributed by atoms with Crippen LogP contribution in [0.3, 0.4) is 0 Å². The fraction of sp³-hybridized carbons (Fsp3) is 0.462. The van der Waals surface area contributed by atoms with Gasteiger partial charge in [-0.2, -0.15) is 13.2 Å². The predicted molar refractivity (Wildman–Crippen MR) is 62.8 cm³/mol. The van der Waals surface area contributed by atoms with E-state index in [1.54, 1.807) is 6.07 Å². The molecule has 0 aliphatic rings. The van der Waals surface area contributed by atoms with Crippen LogP contribution in [-0.4, -0.2) is 5.91 Å². The maximum absolute atomic E-state index is 12.4. The summed E-state index contributed by atoms with van der Waals surface area (Å²) in [7, 11) is 0. The number of hydrogen-bond acceptors (Lipinski definition) is 1. The zero-order valence-corrected chi connectivity index (χ0v) is 10.2. The van der Waals surface area contributed by atoms with E-state index >= 15 is 0 Å². The number of benzene rings is 1. The van der Waals surface area contributed by atoms with Gasteiger partial charge in [-0.25, -0.2) is 0 Å². The minimum absolute atomic E-state index is 0.130. The molecule has 1 aromatic carbocycles. The Hall–Kier alpha value is -1.52. The normalized spacial score (nSPS) is 11.3. The molecule has 1 N–H and O–H groups in total. The zero-order valence-electron chi connectivity index (χ0n) is 10.2. The highest BCUT2D eigenvalue weighted by molar-refractivity contribution is 5.75. The Morgan fingerprint density at radius 3 is 2.67 bits per heavy atom. The van der Waals surface area contributed by atoms with Crippen molar-refractivity contribution < 1.29 is 18.0 Å². The first-order valence-corrected chi connectivity index (χ1v) is 5.86. The van der Waals surface area contributed by atoms with E-state index in [4.69, 9.17) is 0 Å². The van der Waals surface area contributed by atoms with Gasteiger partial charge in [0.25, 0.3) is 0 Å². The van der Waals surface area contributed by atoms with Crippen LogP contribution in [0.1, 0.15) is 37.3 Å². The molecule has 0 fully saturated rings. The average Bonchev–Trinajstić information content (AvgIpc) is 2.33. The summed E-state index contributed by atoms with van der Waals surface area (Å²) in [5, 5.41) is 2.61. The molecule has 0 aliphatic heterocycles. The van der Waals surface area contributed by atoms with Crippen molar-refractivity contribution >= 4 is 5.91 Å². The van der Waals surface area contributed by atoms with E-state index in [1.165, 1.54) is 6.07 Å². The van der Waals surface area contributed by atoms with Crippen LogP contribution in [0, 0.1) is 0 Å². The maximum atomic E-state index is 12.4. The molecule has 0 radical (unpaired) electrons. The number of alkyl halides is 3. The average molecular weight is 259 g/mol. The van der Waals surface area contributed by atoms with Crippen LogP contribution in [0.25, 0.3) is 0 Å². The summed E-state index contributed by atoms with van der Waals surface area (Å²) < 4.78 is 37.3. The van der Waals surface area contributed by atoms with Crippen molar-refractivity contribution in [1.82, 2.24) is 5.32 Å². The summed E-state index contributed by atoms with van der Waals surface area (Å²) in [5.41, 5.74) is -0.238. The molecule has 0 saturated carbocycles. The highest BCUT2D eigenvalue weighted by Crippen LogP contribution is 2.29. The topological polar surface area (TPSA) is 29.1 Å². The number of hydrogen-bond donors (Lipinski definition) is 1. The highest BCUT2D eigenvalue weighted by atomic mass is 19.4. The van der Waals surface area contributed by atoms with Gasteiger partial charge < -0.3 is 5.32 Å². The summed E-state index contributed by atoms with van der Waals surface area (Å²) in [6.07, 6.45) is -2.23. The SMILES string of the molecule is CCCCC(=O)NCc1cccc(C(F)(F)F)c1. The first-order valence-electron chi connectivity index (χ1n) is 5.86. The van der Waals surface area contributed by atoms with Crippen molar-refractivity contribution in [3.05, 3.63) is 35.4 Å². The summed E-state index contributed by atoms with van der Waals surface area (Å²) in [6, 6.07) is 4.98. The lowest BCUT2D eigenvalue weighted by molar-refractivity contribution is -0.137. The van der Waals surface area contributed by atoms with Gasteiger partial charge in [0.15, 0.2) is 0 Å². The van der Waals surface area contributed by atoms with Gasteiger partial charge >= 0.3 is 6.18 Å². The molecule has 2 nitrogen and oxygen atoms in total. The van der Waals surface area contributed by atoms with Crippen LogP contribution in [0.5, 0.6) is 0 Å². The lowest BCUT2D eigenvalue weighted by atomic mass is 10.1. The molecule has 5 heteroatoms. The molecule has 0 aromatic heterocycles. The van der Waals surface area contributed by atoms with E-state index in [2.05, 4.69) is 5.32 Å². The minimum Gasteiger partial charge on any atom is -0.352 e. The van der Waals surface area contributed by atoms with Crippen molar-refractivity contribution in [3.63, 3.8) is 0 Å². The summed E-state index contributed by atoms with van der Waals surface area (Å²) in [4.78, 5) is 11.3. The summed E-state index contributed by atoms with van der Waals surface area (Å²) in [6.45, 7) is 2.10. The molecule has 0 aliphatic carbocycles. The van der Waals surface area contributed by atoms with Gasteiger partial charge in [0.05, 0.1) is 5.56 Å². The molecule has 100 valence electrons. The number of carbonyl (C=O) groups is 1. The van der Waals surface area contributed by atoms with E-state index in [1.807, 2.05) is 6.92 Å². The monoisotopic (exact) mass is 259 g/mol. The van der Waals surface area contributed by atoms with Crippen LogP contribution in [-0.2, 0) is 17.5 Å². The Bertz CT molecular complexity index is 401. The molecule has 0 spiro atoms. The Labute approximate surface area is 104 Å². The van der Waals surface area contributed by atoms with Crippen molar-refractivity contribution in [2.45, 2.75) is 38.9 Å². The fourth-order valence-corrected chi connectivity index (χ4v) is 1.48. The quantitative estimate of drug-likeness (QED) is 0.861. The molecule has 0 atom stereocenters. The Morgan fingerprint density at radius 1 is 1.33 bits per heavy atom. The summed E-state index contributed by atoms with van der Waals surface area (Å²) >= 11 is 0. The molecule has 0 unspecified atom stereocenters. The highest BCUT2D eigenvalue weighted by Gasteiger charge is 2.30. The van der Waals surface area contributed by atoms with Crippen molar-refractivity contribution in [2.75, 3.05) is 0 Å². The van der Waals surface area contributed by atoms with E-state index in [0.29, 0.717) is 12.0 Å². The third kappa shape index (κ3) is 4.77. The first kappa shape index (κ1) is 14.5. The molecule has 0 bridgehead atoms. The van der Waals surface area contributed by atoms with Crippen molar-refractivity contribution in [3.8, 4) is 0 Å². The number of rotatable bonds is 5. The van der Waals surface area contributed by atoms with E-state index in [9.17, 15) is 18.0 Å². The molecule has 0 saturated heterocycles. The molecule has 1 aromatic rings. The van der Waals surface area contributed by atoms with E-state index in [0.717, 1.165) is 25.0 Å². The van der Waals surface area contributed by atoms with Gasteiger partial charge in [-0.1, -0.05) is 25.5 Å². The predicted octanol–water partition coefficient (Wildman–Crippen LogP) is 3.51. The largest absolute Gasteiger partial charge is 0.416 e. The molecule has 0 heterocycles. The number of halogens is 3. The molecular formula is C13H16F3NO. The Kier molecular flexibility index (Phi) is 5.19. The van der Waals surface area contributed by atoms with Gasteiger partial charge in [-0.15, -0.1) is 0 Å². The van der Waals surface area contributed by atoms with E-state index in [-0.39, 0.29) is 12.5 Å². The molecule has 18 heavy (non-hydrogen) atoms. The second kappa shape index (κ2) is 6.42. The van der Waals surface area contributed by atoms with Gasteiger partial charge in [0.1, 0.15) is 0 Å². The second-order valence-corrected chi connectivity index (χ2v) is 4.08. The number of amides is 1. The van der Waals surface area contributed by atoms with Gasteiger partial charge in [-0.3, -0.25) is 4.79 Å². The van der Waals surface area contributed by atoms with Crippen LogP contribution >= 0.6 is 0 Å². The van der Waals surface area contributed by atoms with Crippen LogP contribution in [0.15, 0.2) is 24.3 Å². The number of carbonyl (C=O) groups excluding carboxylic acids is 1. The Balaban J connectivity index is 2.55. The first-order chi connectivity index (χ1) is 8.43. The lowest BCUT2D eigenvalue weighted by Gasteiger charge is -2.09. The third-order valence-electron chi connectivity index (χ3n) is 2.50. The number of unbranched alkanes of at least 4 members (excludes halogenated alkanes) is 1. The Morgan fingerprint density at radius 2 is 2.06 bits per heavy atom. The molecular weight excluding hydrogens is 243 g/mol. The smallest absolute Gasteiger partial charge is 0.352 e. The fourth-order valence-electron chi connectivity index (χ4n) is 1.48. The van der Waals surface area contributed by atoms with Crippen LogP contribution in [0.2, 0.25) is 0 Å². The van der Waals surface area contributed by atoms with Crippen LogP contribution in [0.4, 0.5) is 13.2 Å². The molecule has 1 amide bonds. The maximum Gasteiger partial charge on any atom is 0.416 e. The standard InChI is InChI=1S/C13H16F3NO/c1-2-3-7-12(18)17-9-10-5-4-6-11(8-10)13(14,15)16/h4-6,8H,2-3,7,9H2,1H3,(H,17,18). The third-order valence-corrected chi connectivity index (χ3v) is 2.50. The zero-order chi connectivity index (χ0) is 13.6. The molecule has 1 rings (SSSR count). The number of nitrogens with one attached hydrogen (secondary N) is 1. The minimum atomic E-state index is -4.35. The van der Waals surface area contributed by atoms with Gasteiger partial charge in [-0.05, 0) is 24.1 Å². The van der Waals surface area contributed by atoms with Crippen molar-refractivity contribution in [1.29, 1.82) is 0 Å². The van der Waals surface area contributed by atoms with Gasteiger partial charge in [0.2, 0.25) is 5.91 Å². The summed E-state index contributed by atoms with van der Waals surface area (Å²) in [5.74, 6) is -0.130. The van der Waals surface area contributed by atoms with E-state index < -0.39 is 11.7 Å². The lowest BCUT2D eigenvalue weighted by Crippen LogP contribution is -2.22. The van der Waals surface area contributed by atoms with Gasteiger partial charge in [0, 0.05) is 13.0 Å². The van der Waals surface area contributed by atoms with Crippen molar-refractivity contribution in [2.24, 2.45) is 0 Å².